The Morgan fingerprint density at radius 2 is 1.84 bits per heavy atom. The molecular weight excluding hydrogens is 400 g/mol. The fourth-order valence-corrected chi connectivity index (χ4v) is 4.01. The molecule has 0 saturated heterocycles. The molecule has 0 spiro atoms. The highest BCUT2D eigenvalue weighted by atomic mass is 16.5. The molecular formula is C23H24N2O6. The van der Waals surface area contributed by atoms with E-state index >= 15 is 0 Å². The Kier molecular flexibility index (Phi) is 5.88. The van der Waals surface area contributed by atoms with E-state index in [1.807, 2.05) is 0 Å². The quantitative estimate of drug-likeness (QED) is 0.565. The molecule has 1 fully saturated rings. The van der Waals surface area contributed by atoms with Crippen LogP contribution in [-0.2, 0) is 16.1 Å². The molecule has 1 aromatic carbocycles. The number of rotatable bonds is 6. The first kappa shape index (κ1) is 20.8. The van der Waals surface area contributed by atoms with Gasteiger partial charge in [-0.1, -0.05) is 6.92 Å². The van der Waals surface area contributed by atoms with Crippen molar-refractivity contribution in [3.63, 3.8) is 0 Å². The molecule has 2 heterocycles. The number of hydrogen-bond donors (Lipinski definition) is 1. The van der Waals surface area contributed by atoms with Crippen LogP contribution in [0.5, 0.6) is 0 Å². The lowest BCUT2D eigenvalue weighted by Gasteiger charge is -2.26. The lowest BCUT2D eigenvalue weighted by Crippen LogP contribution is -2.39. The van der Waals surface area contributed by atoms with Gasteiger partial charge in [0.2, 0.25) is 0 Å². The van der Waals surface area contributed by atoms with E-state index in [0.29, 0.717) is 11.7 Å². The number of ether oxygens (including phenoxy) is 1. The highest BCUT2D eigenvalue weighted by Crippen LogP contribution is 2.26. The first-order valence-electron chi connectivity index (χ1n) is 10.4. The third-order valence-corrected chi connectivity index (χ3v) is 5.82. The summed E-state index contributed by atoms with van der Waals surface area (Å²) >= 11 is 0. The fourth-order valence-electron chi connectivity index (χ4n) is 4.01. The standard InChI is InChI=1S/C23H24N2O6/c1-14-4-7-16(8-5-14)24-20(26)13-31-23(29)15-6-9-18-19(11-15)22(28)25(21(18)27)12-17-3-2-10-30-17/h2-3,6,9-11,14,16H,4-5,7-8,12-13H2,1H3,(H,24,26). The minimum atomic E-state index is -0.722. The molecule has 162 valence electrons. The zero-order valence-corrected chi connectivity index (χ0v) is 17.3. The van der Waals surface area contributed by atoms with E-state index in [0.717, 1.165) is 30.6 Å². The summed E-state index contributed by atoms with van der Waals surface area (Å²) < 4.78 is 10.3. The van der Waals surface area contributed by atoms with Gasteiger partial charge in [-0.2, -0.15) is 0 Å². The maximum atomic E-state index is 12.7. The molecule has 0 radical (unpaired) electrons. The van der Waals surface area contributed by atoms with Gasteiger partial charge in [0.05, 0.1) is 29.5 Å². The van der Waals surface area contributed by atoms with Gasteiger partial charge in [0.25, 0.3) is 17.7 Å². The zero-order valence-electron chi connectivity index (χ0n) is 17.3. The smallest absolute Gasteiger partial charge is 0.338 e. The molecule has 31 heavy (non-hydrogen) atoms. The summed E-state index contributed by atoms with van der Waals surface area (Å²) in [6.07, 6.45) is 5.46. The number of furan rings is 1. The van der Waals surface area contributed by atoms with Gasteiger partial charge in [-0.05, 0) is 61.9 Å². The fraction of sp³-hybridized carbons (Fsp3) is 0.391. The molecule has 2 aliphatic rings. The summed E-state index contributed by atoms with van der Waals surface area (Å²) in [5.41, 5.74) is 0.461. The minimum absolute atomic E-state index is 0.0131. The lowest BCUT2D eigenvalue weighted by molar-refractivity contribution is -0.125. The first-order chi connectivity index (χ1) is 14.9. The van der Waals surface area contributed by atoms with E-state index in [-0.39, 0.29) is 41.8 Å². The van der Waals surface area contributed by atoms with Crippen LogP contribution in [0.4, 0.5) is 0 Å². The van der Waals surface area contributed by atoms with E-state index < -0.39 is 17.8 Å². The molecule has 1 aromatic heterocycles. The normalized spacial score (nSPS) is 20.5. The number of imide groups is 1. The van der Waals surface area contributed by atoms with Crippen LogP contribution in [0.2, 0.25) is 0 Å². The molecule has 2 aromatic rings. The molecule has 0 atom stereocenters. The molecule has 0 bridgehead atoms. The van der Waals surface area contributed by atoms with Crippen LogP contribution in [0.15, 0.2) is 41.0 Å². The van der Waals surface area contributed by atoms with Crippen molar-refractivity contribution in [2.45, 2.75) is 45.2 Å². The van der Waals surface area contributed by atoms with Crippen molar-refractivity contribution in [2.75, 3.05) is 6.61 Å². The largest absolute Gasteiger partial charge is 0.467 e. The van der Waals surface area contributed by atoms with Gasteiger partial charge in [0, 0.05) is 6.04 Å². The number of nitrogens with one attached hydrogen (secondary N) is 1. The summed E-state index contributed by atoms with van der Waals surface area (Å²) in [7, 11) is 0. The number of amides is 3. The average Bonchev–Trinajstić information content (AvgIpc) is 3.36. The first-order valence-corrected chi connectivity index (χ1v) is 10.4. The summed E-state index contributed by atoms with van der Waals surface area (Å²) in [5.74, 6) is -0.860. The number of fused-ring (bicyclic) bond motifs is 1. The number of esters is 1. The Bertz CT molecular complexity index is 1010. The minimum Gasteiger partial charge on any atom is -0.467 e. The summed E-state index contributed by atoms with van der Waals surface area (Å²) in [5, 5.41) is 2.90. The van der Waals surface area contributed by atoms with Crippen molar-refractivity contribution in [1.82, 2.24) is 10.2 Å². The molecule has 8 nitrogen and oxygen atoms in total. The Hall–Kier alpha value is -3.42. The topological polar surface area (TPSA) is 106 Å². The average molecular weight is 424 g/mol. The molecule has 1 aliphatic heterocycles. The zero-order chi connectivity index (χ0) is 22.0. The van der Waals surface area contributed by atoms with Crippen molar-refractivity contribution in [1.29, 1.82) is 0 Å². The predicted molar refractivity (Wildman–Crippen MR) is 109 cm³/mol. The Morgan fingerprint density at radius 1 is 1.10 bits per heavy atom. The molecule has 3 amide bonds. The molecule has 0 unspecified atom stereocenters. The second kappa shape index (κ2) is 8.75. The van der Waals surface area contributed by atoms with Crippen molar-refractivity contribution in [3.8, 4) is 0 Å². The molecule has 4 rings (SSSR count). The lowest BCUT2D eigenvalue weighted by atomic mass is 9.87. The van der Waals surface area contributed by atoms with Crippen LogP contribution in [0.1, 0.15) is 69.4 Å². The monoisotopic (exact) mass is 424 g/mol. The molecule has 1 N–H and O–H groups in total. The highest BCUT2D eigenvalue weighted by Gasteiger charge is 2.36. The Balaban J connectivity index is 1.35. The second-order valence-electron chi connectivity index (χ2n) is 8.14. The van der Waals surface area contributed by atoms with Crippen molar-refractivity contribution in [3.05, 3.63) is 59.0 Å². The molecule has 1 aliphatic carbocycles. The van der Waals surface area contributed by atoms with Crippen LogP contribution >= 0.6 is 0 Å². The summed E-state index contributed by atoms with van der Waals surface area (Å²) in [6, 6.07) is 7.64. The van der Waals surface area contributed by atoms with Crippen LogP contribution < -0.4 is 5.32 Å². The van der Waals surface area contributed by atoms with E-state index in [2.05, 4.69) is 12.2 Å². The van der Waals surface area contributed by atoms with Gasteiger partial charge in [-0.15, -0.1) is 0 Å². The number of carbonyl (C=O) groups is 4. The van der Waals surface area contributed by atoms with E-state index in [4.69, 9.17) is 9.15 Å². The Morgan fingerprint density at radius 3 is 2.55 bits per heavy atom. The molecule has 8 heteroatoms. The van der Waals surface area contributed by atoms with Crippen LogP contribution in [0, 0.1) is 5.92 Å². The van der Waals surface area contributed by atoms with E-state index in [1.165, 1.54) is 24.5 Å². The third-order valence-electron chi connectivity index (χ3n) is 5.82. The third kappa shape index (κ3) is 4.52. The van der Waals surface area contributed by atoms with Crippen LogP contribution in [-0.4, -0.2) is 41.2 Å². The van der Waals surface area contributed by atoms with Crippen molar-refractivity contribution < 1.29 is 28.3 Å². The van der Waals surface area contributed by atoms with Gasteiger partial charge in [-0.3, -0.25) is 19.3 Å². The maximum absolute atomic E-state index is 12.7. The SMILES string of the molecule is CC1CCC(NC(=O)COC(=O)c2ccc3c(c2)C(=O)N(Cc2ccco2)C3=O)CC1. The Labute approximate surface area is 179 Å². The van der Waals surface area contributed by atoms with Crippen molar-refractivity contribution >= 4 is 23.7 Å². The number of carbonyl (C=O) groups excluding carboxylic acids is 4. The van der Waals surface area contributed by atoms with Crippen LogP contribution in [0.3, 0.4) is 0 Å². The summed E-state index contributed by atoms with van der Waals surface area (Å²) in [6.45, 7) is 1.82. The van der Waals surface area contributed by atoms with Crippen LogP contribution in [0.25, 0.3) is 0 Å². The van der Waals surface area contributed by atoms with Gasteiger partial charge >= 0.3 is 5.97 Å². The number of hydrogen-bond acceptors (Lipinski definition) is 6. The number of benzene rings is 1. The predicted octanol–water partition coefficient (Wildman–Crippen LogP) is 2.93. The summed E-state index contributed by atoms with van der Waals surface area (Å²) in [4.78, 5) is 50.8. The van der Waals surface area contributed by atoms with E-state index in [9.17, 15) is 19.2 Å². The van der Waals surface area contributed by atoms with Gasteiger partial charge in [-0.25, -0.2) is 4.79 Å². The second-order valence-corrected chi connectivity index (χ2v) is 8.14. The highest BCUT2D eigenvalue weighted by molar-refractivity contribution is 6.21. The van der Waals surface area contributed by atoms with Gasteiger partial charge in [0.1, 0.15) is 5.76 Å². The maximum Gasteiger partial charge on any atom is 0.338 e. The van der Waals surface area contributed by atoms with Gasteiger partial charge in [0.15, 0.2) is 6.61 Å². The molecule has 1 saturated carbocycles. The van der Waals surface area contributed by atoms with E-state index in [1.54, 1.807) is 12.1 Å². The van der Waals surface area contributed by atoms with Crippen molar-refractivity contribution in [2.24, 2.45) is 5.92 Å². The number of nitrogens with zero attached hydrogens (tertiary/aromatic N) is 1. The van der Waals surface area contributed by atoms with Gasteiger partial charge < -0.3 is 14.5 Å².